The summed E-state index contributed by atoms with van der Waals surface area (Å²) >= 11 is 7.22. The normalized spacial score (nSPS) is 11.4. The van der Waals surface area contributed by atoms with E-state index in [1.807, 2.05) is 6.26 Å². The highest BCUT2D eigenvalue weighted by Gasteiger charge is 2.14. The van der Waals surface area contributed by atoms with Crippen molar-refractivity contribution in [3.05, 3.63) is 23.3 Å². The van der Waals surface area contributed by atoms with Gasteiger partial charge in [-0.15, -0.1) is 11.8 Å². The van der Waals surface area contributed by atoms with Gasteiger partial charge in [0.15, 0.2) is 0 Å². The molecule has 0 aromatic heterocycles. The summed E-state index contributed by atoms with van der Waals surface area (Å²) in [5.41, 5.74) is 0.258. The zero-order valence-electron chi connectivity index (χ0n) is 11.7. The number of rotatable bonds is 5. The number of halogens is 1. The van der Waals surface area contributed by atoms with Crippen LogP contribution in [0.4, 0.5) is 0 Å². The van der Waals surface area contributed by atoms with Crippen molar-refractivity contribution in [2.75, 3.05) is 12.9 Å². The first kappa shape index (κ1) is 19.6. The van der Waals surface area contributed by atoms with Crippen LogP contribution in [0.5, 0.6) is 0 Å². The average molecular weight is 292 g/mol. The summed E-state index contributed by atoms with van der Waals surface area (Å²) in [7, 11) is 0. The van der Waals surface area contributed by atoms with Crippen LogP contribution >= 0.6 is 23.4 Å². The minimum atomic E-state index is -0.470. The number of hydrogen-bond acceptors (Lipinski definition) is 4. The molecule has 0 fully saturated rings. The van der Waals surface area contributed by atoms with E-state index in [2.05, 4.69) is 25.4 Å². The van der Waals surface area contributed by atoms with Crippen LogP contribution in [0.15, 0.2) is 28.2 Å². The summed E-state index contributed by atoms with van der Waals surface area (Å²) in [6.07, 6.45) is 4.65. The van der Waals surface area contributed by atoms with Gasteiger partial charge in [0, 0.05) is 0 Å². The zero-order chi connectivity index (χ0) is 14.6. The molecule has 104 valence electrons. The third kappa shape index (κ3) is 9.31. The maximum atomic E-state index is 11.4. The van der Waals surface area contributed by atoms with Gasteiger partial charge in [-0.05, 0) is 20.1 Å². The number of aliphatic imine (C=N–C) groups is 1. The molecule has 0 saturated carbocycles. The lowest BCUT2D eigenvalue weighted by atomic mass is 10.3. The molecule has 0 unspecified atom stereocenters. The summed E-state index contributed by atoms with van der Waals surface area (Å²) in [6.45, 7) is 11.6. The highest BCUT2D eigenvalue weighted by atomic mass is 35.5. The Balaban J connectivity index is 0. The lowest BCUT2D eigenvalue weighted by Gasteiger charge is -2.04. The van der Waals surface area contributed by atoms with Gasteiger partial charge in [0.1, 0.15) is 5.17 Å². The highest BCUT2D eigenvalue weighted by Crippen LogP contribution is 2.14. The molecule has 0 heterocycles. The number of hydrogen-bond donors (Lipinski definition) is 0. The van der Waals surface area contributed by atoms with Gasteiger partial charge < -0.3 is 4.74 Å². The third-order valence-electron chi connectivity index (χ3n) is 1.46. The average Bonchev–Trinajstić information content (AvgIpc) is 2.31. The molecule has 5 heteroatoms. The molecule has 0 aliphatic carbocycles. The highest BCUT2D eigenvalue weighted by molar-refractivity contribution is 8.02. The maximum Gasteiger partial charge on any atom is 0.340 e. The van der Waals surface area contributed by atoms with E-state index < -0.39 is 5.97 Å². The number of ether oxygens (including phenoxy) is 1. The third-order valence-corrected chi connectivity index (χ3v) is 2.32. The second kappa shape index (κ2) is 12.7. The van der Waals surface area contributed by atoms with Crippen LogP contribution < -0.4 is 0 Å². The van der Waals surface area contributed by atoms with Gasteiger partial charge in [-0.2, -0.15) is 0 Å². The van der Waals surface area contributed by atoms with Gasteiger partial charge >= 0.3 is 5.97 Å². The van der Waals surface area contributed by atoms with Crippen LogP contribution in [0.3, 0.4) is 0 Å². The summed E-state index contributed by atoms with van der Waals surface area (Å²) in [5.74, 6) is -0.470. The van der Waals surface area contributed by atoms with Gasteiger partial charge in [-0.25, -0.2) is 9.79 Å². The molecular formula is C13H22ClNO2S. The molecule has 0 N–H and O–H groups in total. The predicted octanol–water partition coefficient (Wildman–Crippen LogP) is 4.38. The fraction of sp³-hybridized carbons (Fsp3) is 0.538. The molecule has 18 heavy (non-hydrogen) atoms. The Hall–Kier alpha value is -0.740. The molecule has 0 radical (unpaired) electrons. The summed E-state index contributed by atoms with van der Waals surface area (Å²) < 4.78 is 4.82. The van der Waals surface area contributed by atoms with Gasteiger partial charge in [-0.1, -0.05) is 44.5 Å². The van der Waals surface area contributed by atoms with E-state index in [0.29, 0.717) is 11.6 Å². The smallest absolute Gasteiger partial charge is 0.340 e. The molecular weight excluding hydrogens is 270 g/mol. The fourth-order valence-corrected chi connectivity index (χ4v) is 1.27. The van der Waals surface area contributed by atoms with Gasteiger partial charge in [0.05, 0.1) is 17.2 Å². The molecule has 0 aliphatic rings. The van der Waals surface area contributed by atoms with Crippen molar-refractivity contribution >= 4 is 34.5 Å². The second-order valence-electron chi connectivity index (χ2n) is 3.13. The molecule has 3 nitrogen and oxygen atoms in total. The van der Waals surface area contributed by atoms with E-state index in [1.54, 1.807) is 19.9 Å². The largest absolute Gasteiger partial charge is 0.462 e. The van der Waals surface area contributed by atoms with Crippen LogP contribution in [0.1, 0.15) is 34.1 Å². The summed E-state index contributed by atoms with van der Waals surface area (Å²) in [5, 5.41) is 0.652. The first-order valence-electron chi connectivity index (χ1n) is 5.79. The Labute approximate surface area is 119 Å². The van der Waals surface area contributed by atoms with Crippen molar-refractivity contribution in [1.82, 2.24) is 0 Å². The van der Waals surface area contributed by atoms with Crippen molar-refractivity contribution in [3.63, 3.8) is 0 Å². The molecule has 0 aromatic rings. The number of allylic oxidation sites excluding steroid dienone is 1. The van der Waals surface area contributed by atoms with E-state index in [1.165, 1.54) is 18.2 Å². The van der Waals surface area contributed by atoms with Crippen molar-refractivity contribution in [1.29, 1.82) is 0 Å². The van der Waals surface area contributed by atoms with E-state index >= 15 is 0 Å². The number of carbonyl (C=O) groups is 1. The molecule has 0 bridgehead atoms. The Morgan fingerprint density at radius 2 is 1.94 bits per heavy atom. The van der Waals surface area contributed by atoms with E-state index in [0.717, 1.165) is 0 Å². The molecule has 0 amide bonds. The standard InChI is InChI=1S/C10H14ClNO2S.C3H8/c1-5-8(10(13)14-6-2)9(11)12-7(3)15-4;1-3-2/h5H,3,6H2,1-2,4H3;3H2,1-2H3/b8-5+,12-9+;. The Bertz CT molecular complexity index is 325. The second-order valence-corrected chi connectivity index (χ2v) is 4.37. The summed E-state index contributed by atoms with van der Waals surface area (Å²) in [6, 6.07) is 0. The SMILES string of the molecule is C=C(/N=C(Cl)\C(=C/C)C(=O)OCC)SC.CCC. The predicted molar refractivity (Wildman–Crippen MR) is 82.3 cm³/mol. The quantitative estimate of drug-likeness (QED) is 0.428. The van der Waals surface area contributed by atoms with Crippen molar-refractivity contribution in [2.45, 2.75) is 34.1 Å². The van der Waals surface area contributed by atoms with Gasteiger partial charge in [0.25, 0.3) is 0 Å². The Morgan fingerprint density at radius 3 is 2.28 bits per heavy atom. The minimum absolute atomic E-state index is 0.107. The lowest BCUT2D eigenvalue weighted by Crippen LogP contribution is -2.12. The minimum Gasteiger partial charge on any atom is -0.462 e. The molecule has 0 aliphatic heterocycles. The Kier molecular flexibility index (Phi) is 13.8. The van der Waals surface area contributed by atoms with Crippen LogP contribution in [0.25, 0.3) is 0 Å². The van der Waals surface area contributed by atoms with Crippen LogP contribution in [0, 0.1) is 0 Å². The topological polar surface area (TPSA) is 38.7 Å². The summed E-state index contributed by atoms with van der Waals surface area (Å²) in [4.78, 5) is 15.3. The molecule has 0 saturated heterocycles. The van der Waals surface area contributed by atoms with Gasteiger partial charge in [0.2, 0.25) is 0 Å². The number of nitrogens with zero attached hydrogens (tertiary/aromatic N) is 1. The molecule has 0 spiro atoms. The van der Waals surface area contributed by atoms with E-state index in [4.69, 9.17) is 16.3 Å². The number of carbonyl (C=O) groups excluding carboxylic acids is 1. The van der Waals surface area contributed by atoms with Crippen molar-refractivity contribution in [2.24, 2.45) is 4.99 Å². The van der Waals surface area contributed by atoms with Crippen LogP contribution in [0.2, 0.25) is 0 Å². The van der Waals surface area contributed by atoms with E-state index in [9.17, 15) is 4.79 Å². The van der Waals surface area contributed by atoms with Crippen LogP contribution in [-0.2, 0) is 9.53 Å². The van der Waals surface area contributed by atoms with Crippen molar-refractivity contribution in [3.8, 4) is 0 Å². The number of thioether (sulfide) groups is 1. The van der Waals surface area contributed by atoms with Crippen LogP contribution in [-0.4, -0.2) is 24.0 Å². The lowest BCUT2D eigenvalue weighted by molar-refractivity contribution is -0.137. The molecule has 0 atom stereocenters. The fourth-order valence-electron chi connectivity index (χ4n) is 0.745. The number of esters is 1. The van der Waals surface area contributed by atoms with E-state index in [-0.39, 0.29) is 10.7 Å². The maximum absolute atomic E-state index is 11.4. The molecule has 0 aromatic carbocycles. The molecule has 0 rings (SSSR count). The van der Waals surface area contributed by atoms with Gasteiger partial charge in [-0.3, -0.25) is 0 Å². The zero-order valence-corrected chi connectivity index (χ0v) is 13.3. The first-order chi connectivity index (χ1) is 8.48. The van der Waals surface area contributed by atoms with Crippen molar-refractivity contribution < 1.29 is 9.53 Å². The Morgan fingerprint density at radius 1 is 1.44 bits per heavy atom. The monoisotopic (exact) mass is 291 g/mol. The first-order valence-corrected chi connectivity index (χ1v) is 7.39.